The first-order chi connectivity index (χ1) is 6.20. The van der Waals surface area contributed by atoms with Gasteiger partial charge in [-0.25, -0.2) is 4.79 Å². The van der Waals surface area contributed by atoms with Crippen molar-refractivity contribution in [2.75, 3.05) is 18.5 Å². The van der Waals surface area contributed by atoms with Gasteiger partial charge in [-0.2, -0.15) is 0 Å². The molecule has 0 aromatic rings. The van der Waals surface area contributed by atoms with E-state index in [1.54, 1.807) is 0 Å². The van der Waals surface area contributed by atoms with Gasteiger partial charge in [0.05, 0.1) is 6.61 Å². The maximum atomic E-state index is 10.5. The minimum Gasteiger partial charge on any atom is -0.460 e. The quantitative estimate of drug-likeness (QED) is 0.240. The van der Waals surface area contributed by atoms with Crippen molar-refractivity contribution in [3.63, 3.8) is 0 Å². The second-order valence-corrected chi connectivity index (χ2v) is 2.97. The maximum absolute atomic E-state index is 10.5. The molecule has 0 radical (unpaired) electrons. The zero-order valence-electron chi connectivity index (χ0n) is 7.24. The summed E-state index contributed by atoms with van der Waals surface area (Å²) in [4.78, 5) is 10.5. The van der Waals surface area contributed by atoms with Crippen LogP contribution in [0.1, 0.15) is 6.42 Å². The fourth-order valence-corrected chi connectivity index (χ4v) is 0.954. The smallest absolute Gasteiger partial charge is 0.330 e. The average Bonchev–Trinajstić information content (AvgIpc) is 2.12. The molecule has 13 heavy (non-hydrogen) atoms. The largest absolute Gasteiger partial charge is 0.460 e. The third kappa shape index (κ3) is 7.95. The van der Waals surface area contributed by atoms with Crippen LogP contribution in [0.2, 0.25) is 0 Å². The normalized spacial score (nSPS) is 12.2. The van der Waals surface area contributed by atoms with E-state index in [4.69, 9.17) is 9.84 Å². The number of halogens is 1. The number of hydrogen-bond donors (Lipinski definition) is 1. The molecule has 0 aliphatic heterocycles. The van der Waals surface area contributed by atoms with Crippen LogP contribution in [0.15, 0.2) is 12.7 Å². The molecule has 76 valence electrons. The predicted molar refractivity (Wildman–Crippen MR) is 51.5 cm³/mol. The van der Waals surface area contributed by atoms with E-state index >= 15 is 0 Å². The fourth-order valence-electron chi connectivity index (χ4n) is 0.562. The standard InChI is InChI=1S/C8H13BrO4/c1-2-7(10)12-5-6-13-8(11)3-4-9/h2,8,11H,1,3-6H2. The van der Waals surface area contributed by atoms with Gasteiger partial charge in [0.25, 0.3) is 0 Å². The number of aliphatic hydroxyl groups is 1. The zero-order valence-corrected chi connectivity index (χ0v) is 8.83. The van der Waals surface area contributed by atoms with Crippen LogP contribution in [0.25, 0.3) is 0 Å². The van der Waals surface area contributed by atoms with Gasteiger partial charge in [0.1, 0.15) is 6.61 Å². The van der Waals surface area contributed by atoms with Gasteiger partial charge >= 0.3 is 5.97 Å². The van der Waals surface area contributed by atoms with Gasteiger partial charge in [-0.1, -0.05) is 22.5 Å². The van der Waals surface area contributed by atoms with E-state index in [2.05, 4.69) is 27.2 Å². The Labute approximate surface area is 85.7 Å². The Morgan fingerprint density at radius 1 is 1.62 bits per heavy atom. The average molecular weight is 253 g/mol. The molecule has 0 saturated carbocycles. The Hall–Kier alpha value is -0.390. The molecule has 0 fully saturated rings. The molecule has 0 amide bonds. The number of ether oxygens (including phenoxy) is 2. The molecular weight excluding hydrogens is 240 g/mol. The number of hydrogen-bond acceptors (Lipinski definition) is 4. The molecule has 0 aromatic carbocycles. The molecule has 5 heteroatoms. The fraction of sp³-hybridized carbons (Fsp3) is 0.625. The van der Waals surface area contributed by atoms with E-state index in [1.807, 2.05) is 0 Å². The highest BCUT2D eigenvalue weighted by Gasteiger charge is 2.02. The summed E-state index contributed by atoms with van der Waals surface area (Å²) in [5, 5.41) is 9.73. The highest BCUT2D eigenvalue weighted by atomic mass is 79.9. The van der Waals surface area contributed by atoms with Crippen molar-refractivity contribution in [3.05, 3.63) is 12.7 Å². The summed E-state index contributed by atoms with van der Waals surface area (Å²) in [6, 6.07) is 0. The topological polar surface area (TPSA) is 55.8 Å². The number of rotatable bonds is 7. The molecule has 0 spiro atoms. The molecule has 1 N–H and O–H groups in total. The maximum Gasteiger partial charge on any atom is 0.330 e. The van der Waals surface area contributed by atoms with Gasteiger partial charge in [0.15, 0.2) is 6.29 Å². The van der Waals surface area contributed by atoms with Crippen molar-refractivity contribution in [1.29, 1.82) is 0 Å². The minimum absolute atomic E-state index is 0.129. The third-order valence-corrected chi connectivity index (χ3v) is 1.62. The Morgan fingerprint density at radius 2 is 2.31 bits per heavy atom. The Bertz CT molecular complexity index is 160. The molecule has 1 unspecified atom stereocenters. The summed E-state index contributed by atoms with van der Waals surface area (Å²) in [7, 11) is 0. The lowest BCUT2D eigenvalue weighted by Crippen LogP contribution is -2.17. The monoisotopic (exact) mass is 252 g/mol. The summed E-state index contributed by atoms with van der Waals surface area (Å²) in [6.07, 6.45) is 0.784. The second-order valence-electron chi connectivity index (χ2n) is 2.17. The number of aliphatic hydroxyl groups excluding tert-OH is 1. The van der Waals surface area contributed by atoms with Gasteiger partial charge in [-0.05, 0) is 0 Å². The van der Waals surface area contributed by atoms with Crippen molar-refractivity contribution in [1.82, 2.24) is 0 Å². The van der Waals surface area contributed by atoms with Gasteiger partial charge in [0.2, 0.25) is 0 Å². The molecule has 0 aliphatic carbocycles. The number of alkyl halides is 1. The van der Waals surface area contributed by atoms with E-state index in [9.17, 15) is 4.79 Å². The zero-order chi connectivity index (χ0) is 10.1. The van der Waals surface area contributed by atoms with Crippen molar-refractivity contribution in [2.45, 2.75) is 12.7 Å². The van der Waals surface area contributed by atoms with Crippen LogP contribution in [0, 0.1) is 0 Å². The molecule has 4 nitrogen and oxygen atoms in total. The summed E-state index contributed by atoms with van der Waals surface area (Å²) in [6.45, 7) is 3.55. The molecule has 0 saturated heterocycles. The summed E-state index contributed by atoms with van der Waals surface area (Å²) >= 11 is 3.15. The molecule has 0 bridgehead atoms. The SMILES string of the molecule is C=CC(=O)OCCOC(O)CCBr. The first kappa shape index (κ1) is 12.6. The van der Waals surface area contributed by atoms with Gasteiger partial charge < -0.3 is 14.6 Å². The van der Waals surface area contributed by atoms with Crippen LogP contribution >= 0.6 is 15.9 Å². The van der Waals surface area contributed by atoms with Crippen molar-refractivity contribution in [2.24, 2.45) is 0 Å². The first-order valence-electron chi connectivity index (χ1n) is 3.85. The van der Waals surface area contributed by atoms with Crippen molar-refractivity contribution < 1.29 is 19.4 Å². The highest BCUT2D eigenvalue weighted by Crippen LogP contribution is 1.97. The Morgan fingerprint density at radius 3 is 2.85 bits per heavy atom. The highest BCUT2D eigenvalue weighted by molar-refractivity contribution is 9.09. The number of carbonyl (C=O) groups excluding carboxylic acids is 1. The lowest BCUT2D eigenvalue weighted by atomic mass is 10.5. The molecule has 1 atom stereocenters. The number of esters is 1. The van der Waals surface area contributed by atoms with E-state index < -0.39 is 12.3 Å². The Balaban J connectivity index is 3.24. The molecule has 0 aliphatic rings. The van der Waals surface area contributed by atoms with Crippen molar-refractivity contribution in [3.8, 4) is 0 Å². The first-order valence-corrected chi connectivity index (χ1v) is 4.97. The van der Waals surface area contributed by atoms with Crippen LogP contribution in [-0.2, 0) is 14.3 Å². The van der Waals surface area contributed by atoms with E-state index in [0.29, 0.717) is 11.8 Å². The summed E-state index contributed by atoms with van der Waals surface area (Å²) in [5.41, 5.74) is 0. The molecule has 0 rings (SSSR count). The summed E-state index contributed by atoms with van der Waals surface area (Å²) in [5.74, 6) is -0.487. The van der Waals surface area contributed by atoms with Crippen LogP contribution < -0.4 is 0 Å². The molecular formula is C8H13BrO4. The van der Waals surface area contributed by atoms with Gasteiger partial charge in [-0.3, -0.25) is 0 Å². The van der Waals surface area contributed by atoms with E-state index in [-0.39, 0.29) is 13.2 Å². The second kappa shape index (κ2) is 8.22. The molecule has 0 heterocycles. The van der Waals surface area contributed by atoms with Crippen LogP contribution in [0.5, 0.6) is 0 Å². The minimum atomic E-state index is -0.804. The lowest BCUT2D eigenvalue weighted by Gasteiger charge is -2.09. The van der Waals surface area contributed by atoms with E-state index in [1.165, 1.54) is 0 Å². The predicted octanol–water partition coefficient (Wildman–Crippen LogP) is 0.836. The van der Waals surface area contributed by atoms with Gasteiger partial charge in [0, 0.05) is 17.8 Å². The van der Waals surface area contributed by atoms with Crippen LogP contribution in [-0.4, -0.2) is 35.9 Å². The van der Waals surface area contributed by atoms with Crippen LogP contribution in [0.3, 0.4) is 0 Å². The summed E-state index contributed by atoms with van der Waals surface area (Å²) < 4.78 is 9.51. The molecule has 0 aromatic heterocycles. The van der Waals surface area contributed by atoms with Crippen LogP contribution in [0.4, 0.5) is 0 Å². The third-order valence-electron chi connectivity index (χ3n) is 1.16. The number of carbonyl (C=O) groups is 1. The van der Waals surface area contributed by atoms with Gasteiger partial charge in [-0.15, -0.1) is 0 Å². The van der Waals surface area contributed by atoms with Crippen molar-refractivity contribution >= 4 is 21.9 Å². The Kier molecular flexibility index (Phi) is 7.97. The van der Waals surface area contributed by atoms with E-state index in [0.717, 1.165) is 6.08 Å². The lowest BCUT2D eigenvalue weighted by molar-refractivity contribution is -0.145.